The maximum absolute atomic E-state index is 11.3. The molecule has 0 saturated carbocycles. The molecule has 3 unspecified atom stereocenters. The topological polar surface area (TPSA) is 29.1 Å². The van der Waals surface area contributed by atoms with Crippen LogP contribution in [0.1, 0.15) is 44.7 Å². The van der Waals surface area contributed by atoms with E-state index in [4.69, 9.17) is 0 Å². The molecule has 2 nitrogen and oxygen atoms in total. The molecule has 3 atom stereocenters. The van der Waals surface area contributed by atoms with Gasteiger partial charge in [0.1, 0.15) is 0 Å². The Hall–Kier alpha value is -0.670. The first kappa shape index (κ1) is 15.4. The number of rotatable bonds is 8. The molecule has 1 rings (SSSR count). The summed E-state index contributed by atoms with van der Waals surface area (Å²) >= 11 is 0. The monoisotopic (exact) mass is 267 g/mol. The van der Waals surface area contributed by atoms with E-state index in [1.165, 1.54) is 18.4 Å². The molecule has 0 aliphatic rings. The van der Waals surface area contributed by atoms with Crippen molar-refractivity contribution >= 4 is 10.8 Å². The fraction of sp³-hybridized carbons (Fsp3) is 0.600. The first-order valence-electron chi connectivity index (χ1n) is 6.74. The quantitative estimate of drug-likeness (QED) is 0.783. The smallest absolute Gasteiger partial charge is 0.0383 e. The Bertz CT molecular complexity index is 353. The number of hydrogen-bond donors (Lipinski definition) is 1. The van der Waals surface area contributed by atoms with Crippen molar-refractivity contribution in [3.8, 4) is 0 Å². The molecule has 0 fully saturated rings. The molecule has 3 heteroatoms. The summed E-state index contributed by atoms with van der Waals surface area (Å²) in [6.45, 7) is 4.33. The third-order valence-electron chi connectivity index (χ3n) is 3.02. The van der Waals surface area contributed by atoms with Crippen molar-refractivity contribution in [2.45, 2.75) is 45.2 Å². The van der Waals surface area contributed by atoms with Gasteiger partial charge in [-0.05, 0) is 18.9 Å². The van der Waals surface area contributed by atoms with Crippen molar-refractivity contribution in [1.82, 2.24) is 5.32 Å². The largest absolute Gasteiger partial charge is 0.307 e. The zero-order valence-electron chi connectivity index (χ0n) is 11.7. The van der Waals surface area contributed by atoms with E-state index in [2.05, 4.69) is 43.4 Å². The second-order valence-electron chi connectivity index (χ2n) is 4.91. The predicted octanol–water partition coefficient (Wildman–Crippen LogP) is 3.27. The van der Waals surface area contributed by atoms with E-state index in [-0.39, 0.29) is 6.04 Å². The molecule has 0 bridgehead atoms. The van der Waals surface area contributed by atoms with Crippen LogP contribution in [0, 0.1) is 0 Å². The zero-order chi connectivity index (χ0) is 13.4. The molecular formula is C15H25NOS. The normalized spacial score (nSPS) is 16.2. The molecule has 0 aromatic heterocycles. The van der Waals surface area contributed by atoms with E-state index < -0.39 is 10.8 Å². The molecule has 102 valence electrons. The molecular weight excluding hydrogens is 242 g/mol. The van der Waals surface area contributed by atoms with Crippen molar-refractivity contribution in [3.63, 3.8) is 0 Å². The zero-order valence-corrected chi connectivity index (χ0v) is 12.5. The summed E-state index contributed by atoms with van der Waals surface area (Å²) in [6, 6.07) is 11.2. The molecule has 18 heavy (non-hydrogen) atoms. The summed E-state index contributed by atoms with van der Waals surface area (Å²) in [5.74, 6) is 0.718. The van der Waals surface area contributed by atoms with Crippen molar-refractivity contribution in [2.75, 3.05) is 12.0 Å². The molecule has 1 aromatic rings. The standard InChI is InChI=1S/C15H25NOS/c1-4-5-11-15(14-9-7-6-8-10-14)16-13(2)12-18(3)17/h6-10,13,15-16H,4-5,11-12H2,1-3H3. The van der Waals surface area contributed by atoms with Crippen LogP contribution < -0.4 is 5.32 Å². The highest BCUT2D eigenvalue weighted by Crippen LogP contribution is 2.19. The Morgan fingerprint density at radius 3 is 2.50 bits per heavy atom. The fourth-order valence-electron chi connectivity index (χ4n) is 2.18. The molecule has 0 aliphatic carbocycles. The molecule has 0 spiro atoms. The Kier molecular flexibility index (Phi) is 7.21. The first-order chi connectivity index (χ1) is 8.63. The van der Waals surface area contributed by atoms with E-state index in [1.807, 2.05) is 6.07 Å². The number of hydrogen-bond acceptors (Lipinski definition) is 2. The second kappa shape index (κ2) is 8.44. The van der Waals surface area contributed by atoms with Gasteiger partial charge in [-0.1, -0.05) is 50.1 Å². The van der Waals surface area contributed by atoms with Gasteiger partial charge in [0.2, 0.25) is 0 Å². The molecule has 0 saturated heterocycles. The van der Waals surface area contributed by atoms with E-state index in [0.29, 0.717) is 6.04 Å². The molecule has 0 heterocycles. The number of benzene rings is 1. The van der Waals surface area contributed by atoms with Gasteiger partial charge in [-0.3, -0.25) is 4.21 Å². The number of unbranched alkanes of at least 4 members (excludes halogenated alkanes) is 1. The van der Waals surface area contributed by atoms with E-state index in [1.54, 1.807) is 6.26 Å². The minimum absolute atomic E-state index is 0.290. The van der Waals surface area contributed by atoms with Gasteiger partial charge >= 0.3 is 0 Å². The summed E-state index contributed by atoms with van der Waals surface area (Å²) < 4.78 is 11.3. The van der Waals surface area contributed by atoms with Gasteiger partial charge in [0.25, 0.3) is 0 Å². The second-order valence-corrected chi connectivity index (χ2v) is 6.39. The summed E-state index contributed by atoms with van der Waals surface area (Å²) in [6.07, 6.45) is 5.33. The van der Waals surface area contributed by atoms with Gasteiger partial charge in [-0.25, -0.2) is 0 Å². The summed E-state index contributed by atoms with van der Waals surface area (Å²) in [5, 5.41) is 3.61. The summed E-state index contributed by atoms with van der Waals surface area (Å²) in [7, 11) is -0.737. The van der Waals surface area contributed by atoms with Crippen LogP contribution in [0.2, 0.25) is 0 Å². The highest BCUT2D eigenvalue weighted by Gasteiger charge is 2.14. The lowest BCUT2D eigenvalue weighted by Crippen LogP contribution is -2.34. The van der Waals surface area contributed by atoms with Crippen LogP contribution in [0.4, 0.5) is 0 Å². The lowest BCUT2D eigenvalue weighted by Gasteiger charge is -2.23. The van der Waals surface area contributed by atoms with Crippen molar-refractivity contribution in [1.29, 1.82) is 0 Å². The maximum atomic E-state index is 11.3. The Balaban J connectivity index is 2.64. The first-order valence-corrected chi connectivity index (χ1v) is 8.47. The summed E-state index contributed by atoms with van der Waals surface area (Å²) in [4.78, 5) is 0. The highest BCUT2D eigenvalue weighted by molar-refractivity contribution is 7.84. The lowest BCUT2D eigenvalue weighted by molar-refractivity contribution is 0.441. The molecule has 1 aromatic carbocycles. The van der Waals surface area contributed by atoms with Crippen molar-refractivity contribution < 1.29 is 4.21 Å². The molecule has 1 N–H and O–H groups in total. The Morgan fingerprint density at radius 2 is 1.94 bits per heavy atom. The van der Waals surface area contributed by atoms with Crippen LogP contribution in [0.15, 0.2) is 30.3 Å². The summed E-state index contributed by atoms with van der Waals surface area (Å²) in [5.41, 5.74) is 1.33. The van der Waals surface area contributed by atoms with Crippen LogP contribution in [0.25, 0.3) is 0 Å². The Morgan fingerprint density at radius 1 is 1.28 bits per heavy atom. The Labute approximate surface area is 114 Å². The van der Waals surface area contributed by atoms with Crippen LogP contribution in [-0.4, -0.2) is 22.3 Å². The lowest BCUT2D eigenvalue weighted by atomic mass is 10.0. The van der Waals surface area contributed by atoms with Crippen molar-refractivity contribution in [3.05, 3.63) is 35.9 Å². The van der Waals surface area contributed by atoms with E-state index >= 15 is 0 Å². The average molecular weight is 267 g/mol. The molecule has 0 aliphatic heterocycles. The van der Waals surface area contributed by atoms with Crippen LogP contribution >= 0.6 is 0 Å². The van der Waals surface area contributed by atoms with E-state index in [9.17, 15) is 4.21 Å². The van der Waals surface area contributed by atoms with Crippen LogP contribution in [-0.2, 0) is 10.8 Å². The fourth-order valence-corrected chi connectivity index (χ4v) is 2.98. The molecule has 0 radical (unpaired) electrons. The third kappa shape index (κ3) is 5.78. The average Bonchev–Trinajstić information content (AvgIpc) is 2.34. The van der Waals surface area contributed by atoms with Gasteiger partial charge in [-0.15, -0.1) is 0 Å². The molecule has 0 amide bonds. The number of nitrogens with one attached hydrogen (secondary N) is 1. The van der Waals surface area contributed by atoms with Crippen molar-refractivity contribution in [2.24, 2.45) is 0 Å². The third-order valence-corrected chi connectivity index (χ3v) is 3.99. The SMILES string of the molecule is CCCCC(NC(C)CS(C)=O)c1ccccc1. The van der Waals surface area contributed by atoms with Crippen LogP contribution in [0.5, 0.6) is 0 Å². The van der Waals surface area contributed by atoms with E-state index in [0.717, 1.165) is 12.2 Å². The maximum Gasteiger partial charge on any atom is 0.0383 e. The van der Waals surface area contributed by atoms with Gasteiger partial charge in [0.15, 0.2) is 0 Å². The minimum atomic E-state index is -0.737. The predicted molar refractivity (Wildman–Crippen MR) is 80.2 cm³/mol. The van der Waals surface area contributed by atoms with Gasteiger partial charge in [0, 0.05) is 34.9 Å². The van der Waals surface area contributed by atoms with Gasteiger partial charge < -0.3 is 5.32 Å². The van der Waals surface area contributed by atoms with Gasteiger partial charge in [-0.2, -0.15) is 0 Å². The van der Waals surface area contributed by atoms with Crippen LogP contribution in [0.3, 0.4) is 0 Å². The minimum Gasteiger partial charge on any atom is -0.307 e. The van der Waals surface area contributed by atoms with Gasteiger partial charge in [0.05, 0.1) is 0 Å². The highest BCUT2D eigenvalue weighted by atomic mass is 32.2.